The molecule has 2 aromatic carbocycles. The third-order valence-corrected chi connectivity index (χ3v) is 4.33. The molecule has 5 heteroatoms. The van der Waals surface area contributed by atoms with Crippen LogP contribution in [0.2, 0.25) is 0 Å². The first-order valence-electron chi connectivity index (χ1n) is 8.11. The van der Waals surface area contributed by atoms with Gasteiger partial charge in [0.05, 0.1) is 0 Å². The SMILES string of the molecule is Cc1ccc(C(=O)NC(Cc2c[nH]c3ccccc23)C(=O)O)c(C)c1. The van der Waals surface area contributed by atoms with Crippen LogP contribution in [0.25, 0.3) is 10.9 Å². The summed E-state index contributed by atoms with van der Waals surface area (Å²) < 4.78 is 0. The van der Waals surface area contributed by atoms with Crippen LogP contribution >= 0.6 is 0 Å². The van der Waals surface area contributed by atoms with Gasteiger partial charge in [-0.05, 0) is 37.1 Å². The fourth-order valence-corrected chi connectivity index (χ4v) is 3.02. The highest BCUT2D eigenvalue weighted by atomic mass is 16.4. The Morgan fingerprint density at radius 2 is 1.92 bits per heavy atom. The van der Waals surface area contributed by atoms with Gasteiger partial charge in [-0.15, -0.1) is 0 Å². The molecule has 0 saturated heterocycles. The van der Waals surface area contributed by atoms with Crippen LogP contribution in [-0.2, 0) is 11.2 Å². The number of aromatic nitrogens is 1. The Hall–Kier alpha value is -3.08. The predicted molar refractivity (Wildman–Crippen MR) is 96.8 cm³/mol. The van der Waals surface area contributed by atoms with Gasteiger partial charge in [-0.25, -0.2) is 4.79 Å². The van der Waals surface area contributed by atoms with Gasteiger partial charge in [0.2, 0.25) is 0 Å². The number of amides is 1. The van der Waals surface area contributed by atoms with E-state index in [0.29, 0.717) is 5.56 Å². The highest BCUT2D eigenvalue weighted by Gasteiger charge is 2.23. The summed E-state index contributed by atoms with van der Waals surface area (Å²) in [4.78, 5) is 27.3. The molecule has 3 N–H and O–H groups in total. The maximum atomic E-state index is 12.5. The fraction of sp³-hybridized carbons (Fsp3) is 0.200. The second kappa shape index (κ2) is 6.81. The number of carboxylic acid groups (broad SMARTS) is 1. The van der Waals surface area contributed by atoms with Crippen molar-refractivity contribution in [3.8, 4) is 0 Å². The van der Waals surface area contributed by atoms with E-state index in [0.717, 1.165) is 27.6 Å². The number of nitrogens with one attached hydrogen (secondary N) is 2. The summed E-state index contributed by atoms with van der Waals surface area (Å²) in [6, 6.07) is 12.2. The van der Waals surface area contributed by atoms with Crippen LogP contribution in [0.4, 0.5) is 0 Å². The van der Waals surface area contributed by atoms with Crippen LogP contribution in [-0.4, -0.2) is 28.0 Å². The number of aliphatic carboxylic acids is 1. The summed E-state index contributed by atoms with van der Waals surface area (Å²) in [5.41, 5.74) is 4.19. The first-order valence-corrected chi connectivity index (χ1v) is 8.11. The van der Waals surface area contributed by atoms with E-state index in [1.54, 1.807) is 12.3 Å². The average Bonchev–Trinajstić information content (AvgIpc) is 2.97. The summed E-state index contributed by atoms with van der Waals surface area (Å²) in [5, 5.41) is 13.1. The molecule has 0 spiro atoms. The van der Waals surface area contributed by atoms with Crippen LogP contribution in [0, 0.1) is 13.8 Å². The lowest BCUT2D eigenvalue weighted by Gasteiger charge is -2.15. The van der Waals surface area contributed by atoms with Crippen molar-refractivity contribution in [2.45, 2.75) is 26.3 Å². The van der Waals surface area contributed by atoms with Gasteiger partial charge in [0.1, 0.15) is 6.04 Å². The van der Waals surface area contributed by atoms with E-state index in [1.807, 2.05) is 50.2 Å². The van der Waals surface area contributed by atoms with Gasteiger partial charge in [0, 0.05) is 29.1 Å². The molecule has 1 unspecified atom stereocenters. The smallest absolute Gasteiger partial charge is 0.326 e. The van der Waals surface area contributed by atoms with Crippen molar-refractivity contribution in [1.82, 2.24) is 10.3 Å². The van der Waals surface area contributed by atoms with E-state index >= 15 is 0 Å². The van der Waals surface area contributed by atoms with E-state index in [4.69, 9.17) is 0 Å². The second-order valence-electron chi connectivity index (χ2n) is 6.25. The number of carboxylic acids is 1. The molecule has 25 heavy (non-hydrogen) atoms. The highest BCUT2D eigenvalue weighted by Crippen LogP contribution is 2.19. The van der Waals surface area contributed by atoms with Crippen molar-refractivity contribution in [3.63, 3.8) is 0 Å². The quantitative estimate of drug-likeness (QED) is 0.669. The van der Waals surface area contributed by atoms with Crippen LogP contribution < -0.4 is 5.32 Å². The molecule has 3 aromatic rings. The Bertz CT molecular complexity index is 943. The van der Waals surface area contributed by atoms with Gasteiger partial charge in [-0.1, -0.05) is 35.9 Å². The van der Waals surface area contributed by atoms with E-state index < -0.39 is 12.0 Å². The van der Waals surface area contributed by atoms with Crippen molar-refractivity contribution in [2.24, 2.45) is 0 Å². The summed E-state index contributed by atoms with van der Waals surface area (Å²) in [5.74, 6) is -1.42. The third kappa shape index (κ3) is 3.55. The molecular weight excluding hydrogens is 316 g/mol. The van der Waals surface area contributed by atoms with Crippen molar-refractivity contribution >= 4 is 22.8 Å². The molecule has 5 nitrogen and oxygen atoms in total. The van der Waals surface area contributed by atoms with Gasteiger partial charge >= 0.3 is 5.97 Å². The van der Waals surface area contributed by atoms with Crippen molar-refractivity contribution in [1.29, 1.82) is 0 Å². The second-order valence-corrected chi connectivity index (χ2v) is 6.25. The molecule has 0 aliphatic heterocycles. The average molecular weight is 336 g/mol. The van der Waals surface area contributed by atoms with Crippen molar-refractivity contribution < 1.29 is 14.7 Å². The van der Waals surface area contributed by atoms with Gasteiger partial charge in [-0.2, -0.15) is 0 Å². The number of aryl methyl sites for hydroxylation is 2. The zero-order chi connectivity index (χ0) is 18.0. The van der Waals surface area contributed by atoms with E-state index in [1.165, 1.54) is 0 Å². The maximum Gasteiger partial charge on any atom is 0.326 e. The van der Waals surface area contributed by atoms with Crippen LogP contribution in [0.15, 0.2) is 48.7 Å². The zero-order valence-corrected chi connectivity index (χ0v) is 14.2. The number of rotatable bonds is 5. The van der Waals surface area contributed by atoms with Crippen LogP contribution in [0.1, 0.15) is 27.0 Å². The first kappa shape index (κ1) is 16.8. The third-order valence-electron chi connectivity index (χ3n) is 4.33. The molecule has 3 rings (SSSR count). The molecule has 1 amide bonds. The van der Waals surface area contributed by atoms with E-state index in [-0.39, 0.29) is 12.3 Å². The first-order chi connectivity index (χ1) is 12.0. The van der Waals surface area contributed by atoms with Gasteiger partial charge < -0.3 is 15.4 Å². The minimum atomic E-state index is -1.05. The molecule has 0 aliphatic rings. The zero-order valence-electron chi connectivity index (χ0n) is 14.2. The Labute approximate surface area is 145 Å². The number of fused-ring (bicyclic) bond motifs is 1. The van der Waals surface area contributed by atoms with Crippen LogP contribution in [0.5, 0.6) is 0 Å². The number of carbonyl (C=O) groups excluding carboxylic acids is 1. The van der Waals surface area contributed by atoms with Gasteiger partial charge in [0.25, 0.3) is 5.91 Å². The standard InChI is InChI=1S/C20H20N2O3/c1-12-7-8-15(13(2)9-12)19(23)22-18(20(24)25)10-14-11-21-17-6-4-3-5-16(14)17/h3-9,11,18,21H,10H2,1-2H3,(H,22,23)(H,24,25). The topological polar surface area (TPSA) is 82.2 Å². The lowest BCUT2D eigenvalue weighted by molar-refractivity contribution is -0.139. The summed E-state index contributed by atoms with van der Waals surface area (Å²) >= 11 is 0. The molecular formula is C20H20N2O3. The Morgan fingerprint density at radius 1 is 1.16 bits per heavy atom. The maximum absolute atomic E-state index is 12.5. The minimum Gasteiger partial charge on any atom is -0.480 e. The van der Waals surface area contributed by atoms with Crippen molar-refractivity contribution in [3.05, 3.63) is 70.9 Å². The molecule has 0 bridgehead atoms. The summed E-state index contributed by atoms with van der Waals surface area (Å²) in [6.07, 6.45) is 2.01. The number of hydrogen-bond donors (Lipinski definition) is 3. The number of aromatic amines is 1. The summed E-state index contributed by atoms with van der Waals surface area (Å²) in [7, 11) is 0. The molecule has 128 valence electrons. The number of carbonyl (C=O) groups is 2. The molecule has 0 fully saturated rings. The monoisotopic (exact) mass is 336 g/mol. The molecule has 0 aliphatic carbocycles. The molecule has 1 aromatic heterocycles. The summed E-state index contributed by atoms with van der Waals surface area (Å²) in [6.45, 7) is 3.79. The Kier molecular flexibility index (Phi) is 4.57. The van der Waals surface area contributed by atoms with Crippen molar-refractivity contribution in [2.75, 3.05) is 0 Å². The predicted octanol–water partition coefficient (Wildman–Crippen LogP) is 3.21. The lowest BCUT2D eigenvalue weighted by Crippen LogP contribution is -2.42. The lowest BCUT2D eigenvalue weighted by atomic mass is 10.0. The minimum absolute atomic E-state index is 0.218. The van der Waals surface area contributed by atoms with E-state index in [2.05, 4.69) is 10.3 Å². The molecule has 0 saturated carbocycles. The fourth-order valence-electron chi connectivity index (χ4n) is 3.02. The van der Waals surface area contributed by atoms with Gasteiger partial charge in [-0.3, -0.25) is 4.79 Å². The molecule has 0 radical (unpaired) electrons. The number of para-hydroxylation sites is 1. The highest BCUT2D eigenvalue weighted by molar-refractivity contribution is 5.98. The largest absolute Gasteiger partial charge is 0.480 e. The number of H-pyrrole nitrogens is 1. The molecule has 1 heterocycles. The Morgan fingerprint density at radius 3 is 2.64 bits per heavy atom. The molecule has 1 atom stereocenters. The van der Waals surface area contributed by atoms with Crippen LogP contribution in [0.3, 0.4) is 0 Å². The van der Waals surface area contributed by atoms with E-state index in [9.17, 15) is 14.7 Å². The normalized spacial score (nSPS) is 12.1. The van der Waals surface area contributed by atoms with Gasteiger partial charge in [0.15, 0.2) is 0 Å². The Balaban J connectivity index is 1.82. The number of hydrogen-bond acceptors (Lipinski definition) is 2. The number of benzene rings is 2.